The minimum Gasteiger partial charge on any atom is -0.477 e. The smallest absolute Gasteiger partial charge is 0.345 e. The molecule has 96 valence electrons. The molecule has 0 amide bonds. The Bertz CT molecular complexity index is 559. The number of carboxylic acids is 1. The van der Waals surface area contributed by atoms with E-state index in [0.717, 1.165) is 22.5 Å². The monoisotopic (exact) mass is 265 g/mol. The predicted molar refractivity (Wildman–Crippen MR) is 69.8 cm³/mol. The van der Waals surface area contributed by atoms with Crippen LogP contribution in [0.3, 0.4) is 0 Å². The molecule has 0 bridgehead atoms. The molecule has 0 unspecified atom stereocenters. The zero-order valence-electron chi connectivity index (χ0n) is 10.3. The summed E-state index contributed by atoms with van der Waals surface area (Å²) in [6.07, 6.45) is 3.77. The molecule has 5 nitrogen and oxygen atoms in total. The van der Waals surface area contributed by atoms with Gasteiger partial charge in [0.25, 0.3) is 0 Å². The van der Waals surface area contributed by atoms with Gasteiger partial charge in [-0.05, 0) is 18.6 Å². The van der Waals surface area contributed by atoms with Crippen LogP contribution in [0, 0.1) is 6.92 Å². The van der Waals surface area contributed by atoms with Gasteiger partial charge < -0.3 is 10.4 Å². The first-order valence-corrected chi connectivity index (χ1v) is 6.39. The first kappa shape index (κ1) is 12.8. The molecule has 6 heteroatoms. The van der Waals surface area contributed by atoms with E-state index in [1.54, 1.807) is 10.7 Å². The molecule has 2 N–H and O–H groups in total. The number of hydrogen-bond donors (Lipinski definition) is 2. The Hall–Kier alpha value is -1.66. The Kier molecular flexibility index (Phi) is 3.78. The van der Waals surface area contributed by atoms with Gasteiger partial charge in [-0.2, -0.15) is 5.10 Å². The average Bonchev–Trinajstić information content (AvgIpc) is 2.87. The van der Waals surface area contributed by atoms with Crippen LogP contribution in [0.5, 0.6) is 0 Å². The lowest BCUT2D eigenvalue weighted by atomic mass is 10.2. The van der Waals surface area contributed by atoms with E-state index < -0.39 is 5.97 Å². The molecule has 0 atom stereocenters. The zero-order chi connectivity index (χ0) is 13.1. The van der Waals surface area contributed by atoms with E-state index in [4.69, 9.17) is 5.11 Å². The molecule has 0 spiro atoms. The summed E-state index contributed by atoms with van der Waals surface area (Å²) in [5.41, 5.74) is 2.16. The Morgan fingerprint density at radius 2 is 2.33 bits per heavy atom. The van der Waals surface area contributed by atoms with Crippen molar-refractivity contribution in [2.45, 2.75) is 20.0 Å². The topological polar surface area (TPSA) is 67.2 Å². The molecule has 0 fully saturated rings. The Labute approximate surface area is 109 Å². The molecule has 2 aromatic heterocycles. The van der Waals surface area contributed by atoms with Crippen LogP contribution in [0.2, 0.25) is 0 Å². The fourth-order valence-electron chi connectivity index (χ4n) is 1.71. The maximum Gasteiger partial charge on any atom is 0.345 e. The van der Waals surface area contributed by atoms with E-state index in [1.165, 1.54) is 11.3 Å². The van der Waals surface area contributed by atoms with Gasteiger partial charge in [0.05, 0.1) is 6.20 Å². The largest absolute Gasteiger partial charge is 0.477 e. The summed E-state index contributed by atoms with van der Waals surface area (Å²) in [6, 6.07) is 1.73. The number of thiophene rings is 1. The van der Waals surface area contributed by atoms with Crippen molar-refractivity contribution in [3.63, 3.8) is 0 Å². The van der Waals surface area contributed by atoms with Crippen LogP contribution >= 0.6 is 11.3 Å². The fraction of sp³-hybridized carbons (Fsp3) is 0.333. The number of aryl methyl sites for hydroxylation is 2. The highest BCUT2D eigenvalue weighted by atomic mass is 32.1. The van der Waals surface area contributed by atoms with Gasteiger partial charge in [0.2, 0.25) is 0 Å². The van der Waals surface area contributed by atoms with E-state index in [9.17, 15) is 4.79 Å². The third-order valence-corrected chi connectivity index (χ3v) is 3.72. The van der Waals surface area contributed by atoms with Gasteiger partial charge in [0.1, 0.15) is 4.88 Å². The van der Waals surface area contributed by atoms with Crippen molar-refractivity contribution < 1.29 is 9.90 Å². The maximum absolute atomic E-state index is 10.8. The summed E-state index contributed by atoms with van der Waals surface area (Å²) in [7, 11) is 1.88. The van der Waals surface area contributed by atoms with Gasteiger partial charge in [-0.15, -0.1) is 11.3 Å². The second kappa shape index (κ2) is 5.32. The van der Waals surface area contributed by atoms with Crippen molar-refractivity contribution in [3.8, 4) is 0 Å². The van der Waals surface area contributed by atoms with Crippen molar-refractivity contribution in [1.82, 2.24) is 15.1 Å². The van der Waals surface area contributed by atoms with Crippen molar-refractivity contribution in [2.75, 3.05) is 0 Å². The number of rotatable bonds is 5. The number of aromatic nitrogens is 2. The third-order valence-electron chi connectivity index (χ3n) is 2.63. The van der Waals surface area contributed by atoms with Crippen molar-refractivity contribution in [1.29, 1.82) is 0 Å². The molecule has 2 heterocycles. The van der Waals surface area contributed by atoms with Crippen LogP contribution in [-0.4, -0.2) is 20.9 Å². The number of nitrogens with zero attached hydrogens (tertiary/aromatic N) is 2. The van der Waals surface area contributed by atoms with Gasteiger partial charge >= 0.3 is 5.97 Å². The van der Waals surface area contributed by atoms with Gasteiger partial charge in [-0.25, -0.2) is 4.79 Å². The van der Waals surface area contributed by atoms with Crippen LogP contribution in [-0.2, 0) is 20.1 Å². The molecule has 2 aromatic rings. The quantitative estimate of drug-likeness (QED) is 0.864. The minimum absolute atomic E-state index is 0.394. The van der Waals surface area contributed by atoms with Crippen LogP contribution in [0.25, 0.3) is 0 Å². The first-order chi connectivity index (χ1) is 8.56. The van der Waals surface area contributed by atoms with Crippen molar-refractivity contribution >= 4 is 17.3 Å². The van der Waals surface area contributed by atoms with Gasteiger partial charge in [0.15, 0.2) is 0 Å². The second-order valence-electron chi connectivity index (χ2n) is 4.12. The second-order valence-corrected chi connectivity index (χ2v) is 5.38. The molecule has 0 radical (unpaired) electrons. The summed E-state index contributed by atoms with van der Waals surface area (Å²) >= 11 is 1.32. The summed E-state index contributed by atoms with van der Waals surface area (Å²) in [4.78, 5) is 12.3. The number of aromatic carboxylic acids is 1. The van der Waals surface area contributed by atoms with Crippen molar-refractivity contribution in [2.24, 2.45) is 7.05 Å². The SMILES string of the molecule is Cc1sc(C(=O)O)cc1CNCc1cnn(C)c1. The highest BCUT2D eigenvalue weighted by Gasteiger charge is 2.10. The molecule has 0 aliphatic carbocycles. The van der Waals surface area contributed by atoms with Gasteiger partial charge in [0, 0.05) is 36.8 Å². The van der Waals surface area contributed by atoms with Crippen molar-refractivity contribution in [3.05, 3.63) is 39.3 Å². The zero-order valence-corrected chi connectivity index (χ0v) is 11.1. The molecule has 0 saturated carbocycles. The van der Waals surface area contributed by atoms with Crippen LogP contribution in [0.4, 0.5) is 0 Å². The molecule has 0 aliphatic heterocycles. The third kappa shape index (κ3) is 2.96. The number of hydrogen-bond acceptors (Lipinski definition) is 4. The number of nitrogens with one attached hydrogen (secondary N) is 1. The summed E-state index contributed by atoms with van der Waals surface area (Å²) in [5.74, 6) is -0.860. The summed E-state index contributed by atoms with van der Waals surface area (Å²) in [5, 5.41) is 16.3. The first-order valence-electron chi connectivity index (χ1n) is 5.57. The predicted octanol–water partition coefficient (Wildman–Crippen LogP) is 1.78. The molecular weight excluding hydrogens is 250 g/mol. The lowest BCUT2D eigenvalue weighted by Gasteiger charge is -2.01. The average molecular weight is 265 g/mol. The lowest BCUT2D eigenvalue weighted by molar-refractivity contribution is 0.0702. The van der Waals surface area contributed by atoms with Crippen LogP contribution in [0.15, 0.2) is 18.5 Å². The molecule has 0 aliphatic rings. The summed E-state index contributed by atoms with van der Waals surface area (Å²) < 4.78 is 1.76. The van der Waals surface area contributed by atoms with Gasteiger partial charge in [-0.1, -0.05) is 0 Å². The van der Waals surface area contributed by atoms with E-state index in [1.807, 2.05) is 26.4 Å². The molecular formula is C12H15N3O2S. The normalized spacial score (nSPS) is 10.8. The fourth-order valence-corrected chi connectivity index (χ4v) is 2.59. The highest BCUT2D eigenvalue weighted by molar-refractivity contribution is 7.14. The van der Waals surface area contributed by atoms with Crippen LogP contribution < -0.4 is 5.32 Å². The van der Waals surface area contributed by atoms with E-state index >= 15 is 0 Å². The Morgan fingerprint density at radius 1 is 1.56 bits per heavy atom. The number of carbonyl (C=O) groups is 1. The molecule has 18 heavy (non-hydrogen) atoms. The lowest BCUT2D eigenvalue weighted by Crippen LogP contribution is -2.12. The molecule has 0 saturated heterocycles. The Balaban J connectivity index is 1.92. The van der Waals surface area contributed by atoms with Crippen LogP contribution in [0.1, 0.15) is 25.7 Å². The van der Waals surface area contributed by atoms with E-state index in [0.29, 0.717) is 11.4 Å². The van der Waals surface area contributed by atoms with E-state index in [2.05, 4.69) is 10.4 Å². The maximum atomic E-state index is 10.8. The molecule has 0 aromatic carbocycles. The highest BCUT2D eigenvalue weighted by Crippen LogP contribution is 2.21. The molecule has 2 rings (SSSR count). The minimum atomic E-state index is -0.860. The van der Waals surface area contributed by atoms with Gasteiger partial charge in [-0.3, -0.25) is 4.68 Å². The summed E-state index contributed by atoms with van der Waals surface area (Å²) in [6.45, 7) is 3.34. The number of carboxylic acid groups (broad SMARTS) is 1. The Morgan fingerprint density at radius 3 is 2.89 bits per heavy atom. The standard InChI is InChI=1S/C12H15N3O2S/c1-8-10(3-11(18-8)12(16)17)6-13-4-9-5-14-15(2)7-9/h3,5,7,13H,4,6H2,1-2H3,(H,16,17). The van der Waals surface area contributed by atoms with E-state index in [-0.39, 0.29) is 0 Å².